The lowest BCUT2D eigenvalue weighted by Crippen LogP contribution is -2.63. The summed E-state index contributed by atoms with van der Waals surface area (Å²) in [5.41, 5.74) is 4.37. The predicted octanol–water partition coefficient (Wildman–Crippen LogP) is 4.14. The van der Waals surface area contributed by atoms with E-state index in [2.05, 4.69) is 20.3 Å². The van der Waals surface area contributed by atoms with E-state index in [0.717, 1.165) is 5.56 Å². The molecule has 5 aliphatic rings. The predicted molar refractivity (Wildman–Crippen MR) is 277 cm³/mol. The van der Waals surface area contributed by atoms with Crippen LogP contribution in [-0.2, 0) is 65.4 Å². The molecule has 23 heteroatoms. The van der Waals surface area contributed by atoms with Gasteiger partial charge in [0.25, 0.3) is 0 Å². The molecule has 73 heavy (non-hydrogen) atoms. The van der Waals surface area contributed by atoms with E-state index in [1.165, 1.54) is 18.9 Å². The number of pyridine rings is 1. The molecule has 3 aromatic rings. The Kier molecular flexibility index (Phi) is 17.1. The number of cyclic esters (lactones) is 1. The van der Waals surface area contributed by atoms with Crippen LogP contribution in [-0.4, -0.2) is 173 Å². The van der Waals surface area contributed by atoms with Crippen LogP contribution in [0.1, 0.15) is 79.7 Å². The Balaban J connectivity index is 1.12. The molecule has 5 saturated heterocycles. The van der Waals surface area contributed by atoms with Crippen molar-refractivity contribution < 1.29 is 62.5 Å². The van der Waals surface area contributed by atoms with Crippen molar-refractivity contribution in [2.75, 3.05) is 45.1 Å². The number of carbonyl (C=O) groups excluding carboxylic acids is 3. The van der Waals surface area contributed by atoms with E-state index in [0.29, 0.717) is 42.4 Å². The fraction of sp³-hybridized carbons (Fsp3) is 0.740. The highest BCUT2D eigenvalue weighted by molar-refractivity contribution is 14.1. The smallest absolute Gasteiger partial charge is 0.320 e. The summed E-state index contributed by atoms with van der Waals surface area (Å²) in [6.07, 6.45) is -1.78. The number of fused-ring (bicyclic) bond motifs is 8. The van der Waals surface area contributed by atoms with Gasteiger partial charge in [0, 0.05) is 88.0 Å². The molecule has 21 nitrogen and oxygen atoms in total. The minimum absolute atomic E-state index is 0.115. The molecular formula is C50H73IN8O13S. The van der Waals surface area contributed by atoms with Crippen molar-refractivity contribution >= 4 is 75.0 Å². The number of hydrogen-bond donors (Lipinski definition) is 4. The number of aryl methyl sites for hydroxylation is 1. The zero-order chi connectivity index (χ0) is 52.9. The van der Waals surface area contributed by atoms with Crippen LogP contribution in [0.25, 0.3) is 11.2 Å². The second-order valence-corrected chi connectivity index (χ2v) is 23.8. The number of aromatic nitrogens is 5. The molecule has 404 valence electrons. The second kappa shape index (κ2) is 22.3. The van der Waals surface area contributed by atoms with Gasteiger partial charge >= 0.3 is 11.9 Å². The number of halogens is 1. The number of nitrogen functional groups attached to an aromatic ring is 1. The molecule has 0 aromatic carbocycles. The van der Waals surface area contributed by atoms with Crippen LogP contribution >= 0.6 is 34.4 Å². The molecular weight excluding hydrogens is 1080 g/mol. The zero-order valence-corrected chi connectivity index (χ0v) is 46.5. The second-order valence-electron chi connectivity index (χ2n) is 21.4. The number of likely N-dealkylation sites (N-methyl/N-ethyl adjacent to an activating group) is 1. The summed E-state index contributed by atoms with van der Waals surface area (Å²) in [5, 5.41) is 26.1. The molecule has 0 spiro atoms. The number of nitrogens with zero attached hydrogens (tertiary/aromatic N) is 6. The number of aliphatic hydroxyl groups excluding tert-OH is 2. The normalized spacial score (nSPS) is 40.7. The highest BCUT2D eigenvalue weighted by atomic mass is 127. The number of esters is 2. The molecule has 19 atom stereocenters. The number of anilines is 2. The summed E-state index contributed by atoms with van der Waals surface area (Å²) in [5.74, 6) is -4.41. The van der Waals surface area contributed by atoms with Crippen molar-refractivity contribution in [3.63, 3.8) is 0 Å². The van der Waals surface area contributed by atoms with Crippen molar-refractivity contribution in [1.82, 2.24) is 29.4 Å². The third kappa shape index (κ3) is 11.1. The summed E-state index contributed by atoms with van der Waals surface area (Å²) in [6.45, 7) is 13.4. The Morgan fingerprint density at radius 3 is 2.40 bits per heavy atom. The lowest BCUT2D eigenvalue weighted by atomic mass is 9.72. The first-order valence-corrected chi connectivity index (χ1v) is 27.4. The van der Waals surface area contributed by atoms with E-state index in [4.69, 9.17) is 48.6 Å². The number of carbonyl (C=O) groups is 3. The van der Waals surface area contributed by atoms with Gasteiger partial charge in [0.15, 0.2) is 33.8 Å². The molecule has 0 aliphatic carbocycles. The van der Waals surface area contributed by atoms with Crippen LogP contribution in [0.5, 0.6) is 0 Å². The lowest BCUT2D eigenvalue weighted by Gasteiger charge is -2.52. The van der Waals surface area contributed by atoms with E-state index in [-0.39, 0.29) is 30.9 Å². The van der Waals surface area contributed by atoms with Gasteiger partial charge in [-0.15, -0.1) is 11.8 Å². The standard InChI is InChI=1S/C50H73IN8O13S/c1-24-19-49(6,66-11)40-26(3)37(69-32-20-48(5,65-10)39(62)31(68-32)18-29-17-30(58(8)9)36(61)45(67-29)70-40)27(4)43(63)71-46(51)50(7)33(25(2)35(24)60)38(44(64)72-50)73-16-15-59-23-55-34-41(52)56-47(57-42(34)59)54-22-28-13-12-14-53-21-28/h12-14,21,23-27,29-33,36-40,45-46,61-62H,15-20,22H2,1-11H3,(H3,52,54,56,57)/t24-,25-,26+,27-,29+,30+,31+,32+,33+,36-,37+,38+,39+,40-,45+,46+,48-,49-,50+/m1/s1. The monoisotopic (exact) mass is 1150 g/mol. The molecule has 0 saturated carbocycles. The van der Waals surface area contributed by atoms with Gasteiger partial charge in [-0.2, -0.15) is 9.97 Å². The van der Waals surface area contributed by atoms with E-state index in [9.17, 15) is 19.8 Å². The average molecular weight is 1150 g/mol. The molecule has 3 aromatic heterocycles. The summed E-state index contributed by atoms with van der Waals surface area (Å²) >= 11 is 3.34. The van der Waals surface area contributed by atoms with Crippen molar-refractivity contribution in [2.45, 2.75) is 169 Å². The number of ketones is 1. The highest BCUT2D eigenvalue weighted by Gasteiger charge is 2.62. The molecule has 5 fully saturated rings. The van der Waals surface area contributed by atoms with Crippen LogP contribution in [0.3, 0.4) is 0 Å². The first kappa shape index (κ1) is 55.9. The summed E-state index contributed by atoms with van der Waals surface area (Å²) in [4.78, 5) is 64.0. The number of imidazole rings is 1. The largest absolute Gasteiger partial charge is 0.453 e. The van der Waals surface area contributed by atoms with Crippen LogP contribution in [0, 0.1) is 29.6 Å². The Morgan fingerprint density at radius 2 is 1.71 bits per heavy atom. The Morgan fingerprint density at radius 1 is 0.973 bits per heavy atom. The molecule has 6 bridgehead atoms. The number of ether oxygens (including phenoxy) is 8. The summed E-state index contributed by atoms with van der Waals surface area (Å²) < 4.78 is 53.2. The fourth-order valence-corrected chi connectivity index (χ4v) is 14.0. The maximum atomic E-state index is 15.2. The van der Waals surface area contributed by atoms with E-state index >= 15 is 4.79 Å². The van der Waals surface area contributed by atoms with Gasteiger partial charge in [0.05, 0.1) is 47.9 Å². The maximum absolute atomic E-state index is 15.2. The van der Waals surface area contributed by atoms with Gasteiger partial charge in [0.1, 0.15) is 28.8 Å². The number of rotatable bonds is 10. The van der Waals surface area contributed by atoms with Crippen LogP contribution in [0.2, 0.25) is 0 Å². The van der Waals surface area contributed by atoms with Gasteiger partial charge in [-0.1, -0.05) is 26.8 Å². The van der Waals surface area contributed by atoms with Crippen molar-refractivity contribution in [3.05, 3.63) is 36.4 Å². The van der Waals surface area contributed by atoms with Gasteiger partial charge in [-0.25, -0.2) is 4.98 Å². The van der Waals surface area contributed by atoms with Crippen LogP contribution in [0.4, 0.5) is 11.8 Å². The number of methoxy groups -OCH3 is 2. The molecule has 5 N–H and O–H groups in total. The van der Waals surface area contributed by atoms with Crippen LogP contribution in [0.15, 0.2) is 30.9 Å². The van der Waals surface area contributed by atoms with Gasteiger partial charge in [-0.05, 0) is 88.9 Å². The van der Waals surface area contributed by atoms with Crippen molar-refractivity contribution in [1.29, 1.82) is 0 Å². The number of aliphatic hydroxyl groups is 2. The SMILES string of the molecule is CO[C@]1(C)C[C@@H](C)C(=O)[C@H](C)[C@H]2[C@H](SCCn3cnc4c(N)nc(NCc5cccnc5)nc43)C(=O)O[C@]2(C)[C@@H](I)OC(=O)[C@H](C)[C@H]2O[C@H]3C[C@@](C)(OC)[C@@H](O)[C@H](C[C@@H]4C[C@H](N(C)C)[C@@H](O)[C@@H](O4)O[C@@H]1[C@H]2C)O3. The number of thioether (sulfide) groups is 1. The third-order valence-corrected chi connectivity index (χ3v) is 19.0. The van der Waals surface area contributed by atoms with Gasteiger partial charge in [0.2, 0.25) is 5.95 Å². The van der Waals surface area contributed by atoms with Gasteiger partial charge in [-0.3, -0.25) is 19.4 Å². The minimum atomic E-state index is -1.46. The van der Waals surface area contributed by atoms with Crippen molar-refractivity contribution in [3.8, 4) is 0 Å². The Hall–Kier alpha value is -3.37. The molecule has 8 heterocycles. The first-order valence-electron chi connectivity index (χ1n) is 25.1. The number of nitrogens with one attached hydrogen (secondary N) is 1. The number of hydrogen-bond acceptors (Lipinski definition) is 21. The number of alkyl halides is 1. The molecule has 8 rings (SSSR count). The van der Waals surface area contributed by atoms with Crippen LogP contribution < -0.4 is 11.1 Å². The molecule has 0 amide bonds. The maximum Gasteiger partial charge on any atom is 0.320 e. The minimum Gasteiger partial charge on any atom is -0.453 e. The Bertz CT molecular complexity index is 2450. The molecule has 5 aliphatic heterocycles. The highest BCUT2D eigenvalue weighted by Crippen LogP contribution is 2.50. The lowest BCUT2D eigenvalue weighted by molar-refractivity contribution is -0.339. The third-order valence-electron chi connectivity index (χ3n) is 16.2. The topological polar surface area (TPSA) is 263 Å². The summed E-state index contributed by atoms with van der Waals surface area (Å²) in [6, 6.07) is 3.36. The van der Waals surface area contributed by atoms with Crippen molar-refractivity contribution in [2.24, 2.45) is 29.6 Å². The molecule has 0 unspecified atom stereocenters. The first-order chi connectivity index (χ1) is 34.5. The molecule has 0 radical (unpaired) electrons. The summed E-state index contributed by atoms with van der Waals surface area (Å²) in [7, 11) is 6.82. The van der Waals surface area contributed by atoms with Gasteiger partial charge < -0.3 is 68.6 Å². The Labute approximate surface area is 444 Å². The van der Waals surface area contributed by atoms with E-state index < -0.39 is 123 Å². The zero-order valence-electron chi connectivity index (χ0n) is 43.5. The number of Topliss-reactive ketones (excluding diaryl/α,β-unsaturated/α-hetero) is 1. The van der Waals surface area contributed by atoms with E-state index in [1.807, 2.05) is 79.1 Å². The fourth-order valence-electron chi connectivity index (χ4n) is 11.8. The number of nitrogens with two attached hydrogens (primary N) is 1. The average Bonchev–Trinajstić information content (AvgIpc) is 3.89. The van der Waals surface area contributed by atoms with E-state index in [1.54, 1.807) is 53.5 Å². The quantitative estimate of drug-likeness (QED) is 0.126.